The largest absolute Gasteiger partial charge is 0.465 e. The molecule has 2 fully saturated rings. The van der Waals surface area contributed by atoms with Crippen LogP contribution >= 0.6 is 0 Å². The monoisotopic (exact) mass is 186 g/mol. The van der Waals surface area contributed by atoms with Gasteiger partial charge in [-0.3, -0.25) is 4.79 Å². The summed E-state index contributed by atoms with van der Waals surface area (Å²) >= 11 is 0. The van der Waals surface area contributed by atoms with Crippen LogP contribution < -0.4 is 0 Å². The summed E-state index contributed by atoms with van der Waals surface area (Å²) < 4.78 is 10.0. The molecule has 0 aromatic carbocycles. The van der Waals surface area contributed by atoms with Gasteiger partial charge < -0.3 is 14.6 Å². The van der Waals surface area contributed by atoms with Crippen LogP contribution in [0.1, 0.15) is 12.8 Å². The minimum absolute atomic E-state index is 0.0478. The van der Waals surface area contributed by atoms with Gasteiger partial charge in [-0.25, -0.2) is 0 Å². The first-order valence-electron chi connectivity index (χ1n) is 4.60. The molecule has 0 amide bonds. The van der Waals surface area contributed by atoms with Gasteiger partial charge in [0.1, 0.15) is 0 Å². The molecule has 4 atom stereocenters. The predicted molar refractivity (Wildman–Crippen MR) is 44.0 cm³/mol. The lowest BCUT2D eigenvalue weighted by Crippen LogP contribution is -2.40. The van der Waals surface area contributed by atoms with E-state index in [9.17, 15) is 9.90 Å². The van der Waals surface area contributed by atoms with E-state index in [0.717, 1.165) is 0 Å². The van der Waals surface area contributed by atoms with Crippen molar-refractivity contribution in [3.63, 3.8) is 0 Å². The Kier molecular flexibility index (Phi) is 2.26. The third-order valence-corrected chi connectivity index (χ3v) is 3.07. The van der Waals surface area contributed by atoms with Crippen LogP contribution in [0.5, 0.6) is 0 Å². The van der Waals surface area contributed by atoms with E-state index in [4.69, 9.17) is 9.47 Å². The van der Waals surface area contributed by atoms with E-state index < -0.39 is 6.10 Å². The van der Waals surface area contributed by atoms with E-state index in [0.29, 0.717) is 19.4 Å². The van der Waals surface area contributed by atoms with E-state index in [2.05, 4.69) is 0 Å². The molecule has 1 saturated carbocycles. The van der Waals surface area contributed by atoms with Crippen LogP contribution in [0.15, 0.2) is 0 Å². The fraction of sp³-hybridized carbons (Fsp3) is 0.889. The Labute approximate surface area is 76.8 Å². The van der Waals surface area contributed by atoms with Crippen molar-refractivity contribution in [2.45, 2.75) is 25.0 Å². The normalized spacial score (nSPS) is 44.3. The van der Waals surface area contributed by atoms with Gasteiger partial charge >= 0.3 is 5.97 Å². The molecule has 2 aliphatic rings. The SMILES string of the molecule is COC1CC2C(=O)OCC2CC1O. The molecule has 13 heavy (non-hydrogen) atoms. The van der Waals surface area contributed by atoms with Gasteiger partial charge in [0.2, 0.25) is 0 Å². The average molecular weight is 186 g/mol. The second-order valence-electron chi connectivity index (χ2n) is 3.81. The molecule has 2 rings (SSSR count). The van der Waals surface area contributed by atoms with E-state index in [1.54, 1.807) is 7.11 Å². The lowest BCUT2D eigenvalue weighted by molar-refractivity contribution is -0.143. The van der Waals surface area contributed by atoms with Crippen LogP contribution in [0, 0.1) is 11.8 Å². The Bertz CT molecular complexity index is 216. The van der Waals surface area contributed by atoms with Crippen LogP contribution in [-0.2, 0) is 14.3 Å². The number of rotatable bonds is 1. The number of methoxy groups -OCH3 is 1. The maximum atomic E-state index is 11.2. The molecular formula is C9H14O4. The number of carbonyl (C=O) groups excluding carboxylic acids is 1. The second-order valence-corrected chi connectivity index (χ2v) is 3.81. The topological polar surface area (TPSA) is 55.8 Å². The molecule has 1 aliphatic carbocycles. The Morgan fingerprint density at radius 3 is 3.00 bits per heavy atom. The number of hydrogen-bond acceptors (Lipinski definition) is 4. The summed E-state index contributed by atoms with van der Waals surface area (Å²) in [6, 6.07) is 0. The van der Waals surface area contributed by atoms with Gasteiger partial charge in [-0.2, -0.15) is 0 Å². The first kappa shape index (κ1) is 8.97. The molecule has 0 spiro atoms. The lowest BCUT2D eigenvalue weighted by atomic mass is 9.78. The zero-order chi connectivity index (χ0) is 9.42. The van der Waals surface area contributed by atoms with Crippen molar-refractivity contribution in [3.05, 3.63) is 0 Å². The van der Waals surface area contributed by atoms with Crippen molar-refractivity contribution in [2.24, 2.45) is 11.8 Å². The molecule has 4 unspecified atom stereocenters. The van der Waals surface area contributed by atoms with Gasteiger partial charge in [0.15, 0.2) is 0 Å². The van der Waals surface area contributed by atoms with Gasteiger partial charge in [-0.1, -0.05) is 0 Å². The predicted octanol–water partition coefficient (Wildman–Crippen LogP) is -0.0547. The third kappa shape index (κ3) is 1.44. The Morgan fingerprint density at radius 2 is 2.31 bits per heavy atom. The standard InChI is InChI=1S/C9H14O4/c1-12-8-3-6-5(2-7(8)10)4-13-9(6)11/h5-8,10H,2-4H2,1H3. The molecule has 1 aliphatic heterocycles. The van der Waals surface area contributed by atoms with Crippen LogP contribution in [0.25, 0.3) is 0 Å². The van der Waals surface area contributed by atoms with Crippen molar-refractivity contribution < 1.29 is 19.4 Å². The molecule has 1 saturated heterocycles. The third-order valence-electron chi connectivity index (χ3n) is 3.07. The molecule has 1 N–H and O–H groups in total. The number of aliphatic hydroxyl groups excluding tert-OH is 1. The number of fused-ring (bicyclic) bond motifs is 1. The maximum absolute atomic E-state index is 11.2. The Balaban J connectivity index is 2.07. The number of cyclic esters (lactones) is 1. The Morgan fingerprint density at radius 1 is 1.54 bits per heavy atom. The first-order chi connectivity index (χ1) is 6.22. The van der Waals surface area contributed by atoms with E-state index in [1.807, 2.05) is 0 Å². The van der Waals surface area contributed by atoms with Gasteiger partial charge in [0.25, 0.3) is 0 Å². The second kappa shape index (κ2) is 3.27. The summed E-state index contributed by atoms with van der Waals surface area (Å²) in [6.07, 6.45) is 0.573. The van der Waals surface area contributed by atoms with Crippen LogP contribution in [0.3, 0.4) is 0 Å². The van der Waals surface area contributed by atoms with E-state index in [1.165, 1.54) is 0 Å². The van der Waals surface area contributed by atoms with Gasteiger partial charge in [0, 0.05) is 13.0 Å². The van der Waals surface area contributed by atoms with E-state index in [-0.39, 0.29) is 23.9 Å². The molecule has 0 aromatic heterocycles. The molecule has 0 radical (unpaired) electrons. The summed E-state index contributed by atoms with van der Waals surface area (Å²) in [7, 11) is 1.56. The number of carbonyl (C=O) groups is 1. The summed E-state index contributed by atoms with van der Waals surface area (Å²) in [4.78, 5) is 11.2. The minimum atomic E-state index is -0.444. The van der Waals surface area contributed by atoms with Crippen molar-refractivity contribution >= 4 is 5.97 Å². The fourth-order valence-electron chi connectivity index (χ4n) is 2.25. The zero-order valence-corrected chi connectivity index (χ0v) is 7.60. The van der Waals surface area contributed by atoms with Crippen molar-refractivity contribution in [3.8, 4) is 0 Å². The highest BCUT2D eigenvalue weighted by Crippen LogP contribution is 2.36. The first-order valence-corrected chi connectivity index (χ1v) is 4.60. The number of aliphatic hydroxyl groups is 1. The molecule has 4 nitrogen and oxygen atoms in total. The molecule has 0 aromatic rings. The van der Waals surface area contributed by atoms with Crippen LogP contribution in [0.4, 0.5) is 0 Å². The van der Waals surface area contributed by atoms with Crippen molar-refractivity contribution in [1.29, 1.82) is 0 Å². The highest BCUT2D eigenvalue weighted by molar-refractivity contribution is 5.75. The molecule has 0 bridgehead atoms. The number of hydrogen-bond donors (Lipinski definition) is 1. The van der Waals surface area contributed by atoms with E-state index >= 15 is 0 Å². The summed E-state index contributed by atoms with van der Waals surface area (Å²) in [5, 5.41) is 9.61. The number of esters is 1. The quantitative estimate of drug-likeness (QED) is 0.583. The zero-order valence-electron chi connectivity index (χ0n) is 7.60. The van der Waals surface area contributed by atoms with Gasteiger partial charge in [0.05, 0.1) is 24.7 Å². The van der Waals surface area contributed by atoms with Gasteiger partial charge in [-0.15, -0.1) is 0 Å². The van der Waals surface area contributed by atoms with Crippen molar-refractivity contribution in [1.82, 2.24) is 0 Å². The summed E-state index contributed by atoms with van der Waals surface area (Å²) in [6.45, 7) is 0.469. The summed E-state index contributed by atoms with van der Waals surface area (Å²) in [5.74, 6) is 0.0289. The smallest absolute Gasteiger partial charge is 0.309 e. The van der Waals surface area contributed by atoms with Crippen LogP contribution in [0.2, 0.25) is 0 Å². The highest BCUT2D eigenvalue weighted by Gasteiger charge is 2.45. The average Bonchev–Trinajstić information content (AvgIpc) is 2.46. The summed E-state index contributed by atoms with van der Waals surface area (Å²) in [5.41, 5.74) is 0. The molecular weight excluding hydrogens is 172 g/mol. The molecule has 4 heteroatoms. The maximum Gasteiger partial charge on any atom is 0.309 e. The fourth-order valence-corrected chi connectivity index (χ4v) is 2.25. The Hall–Kier alpha value is -0.610. The lowest BCUT2D eigenvalue weighted by Gasteiger charge is -2.32. The van der Waals surface area contributed by atoms with Crippen LogP contribution in [-0.4, -0.2) is 37.0 Å². The molecule has 1 heterocycles. The number of ether oxygens (including phenoxy) is 2. The highest BCUT2D eigenvalue weighted by atomic mass is 16.5. The van der Waals surface area contributed by atoms with Gasteiger partial charge in [-0.05, 0) is 12.8 Å². The minimum Gasteiger partial charge on any atom is -0.465 e. The molecule has 74 valence electrons. The van der Waals surface area contributed by atoms with Crippen molar-refractivity contribution in [2.75, 3.05) is 13.7 Å².